The van der Waals surface area contributed by atoms with Gasteiger partial charge in [-0.25, -0.2) is 4.79 Å². The molecule has 1 aromatic rings. The molecule has 12 heteroatoms. The Morgan fingerprint density at radius 2 is 1.79 bits per heavy atom. The molecule has 1 aliphatic rings. The fourth-order valence-corrected chi connectivity index (χ4v) is 3.27. The van der Waals surface area contributed by atoms with E-state index in [4.69, 9.17) is 23.2 Å². The number of likely N-dealkylation sites (tertiary alicyclic amines) is 1. The molecule has 154 valence electrons. The van der Waals surface area contributed by atoms with Crippen LogP contribution in [0.5, 0.6) is 0 Å². The molecule has 7 nitrogen and oxygen atoms in total. The number of halogens is 5. The number of carbonyl (C=O) groups is 3. The van der Waals surface area contributed by atoms with E-state index < -0.39 is 30.7 Å². The Bertz CT molecular complexity index is 741. The van der Waals surface area contributed by atoms with E-state index in [1.807, 2.05) is 0 Å². The highest BCUT2D eigenvalue weighted by Crippen LogP contribution is 2.24. The monoisotopic (exact) mass is 440 g/mol. The zero-order valence-corrected chi connectivity index (χ0v) is 15.9. The topological polar surface area (TPSA) is 90.5 Å². The van der Waals surface area contributed by atoms with Crippen molar-refractivity contribution < 1.29 is 27.6 Å². The van der Waals surface area contributed by atoms with Crippen molar-refractivity contribution >= 4 is 46.7 Å². The summed E-state index contributed by atoms with van der Waals surface area (Å²) in [6, 6.07) is 2.65. The van der Waals surface area contributed by atoms with Crippen LogP contribution in [-0.4, -0.2) is 54.6 Å². The van der Waals surface area contributed by atoms with Crippen molar-refractivity contribution in [2.24, 2.45) is 0 Å². The van der Waals surface area contributed by atoms with Gasteiger partial charge in [0, 0.05) is 15.7 Å². The summed E-state index contributed by atoms with van der Waals surface area (Å²) in [6.45, 7) is -1.44. The van der Waals surface area contributed by atoms with E-state index in [9.17, 15) is 27.6 Å². The predicted octanol–water partition coefficient (Wildman–Crippen LogP) is 2.78. The lowest BCUT2D eigenvalue weighted by Gasteiger charge is -2.23. The molecule has 1 atom stereocenters. The van der Waals surface area contributed by atoms with Crippen molar-refractivity contribution in [2.45, 2.75) is 25.1 Å². The zero-order chi connectivity index (χ0) is 20.9. The number of alkyl halides is 3. The molecule has 1 saturated heterocycles. The first kappa shape index (κ1) is 22.3. The normalized spacial score (nSPS) is 17.2. The van der Waals surface area contributed by atoms with Crippen LogP contribution in [0.4, 0.5) is 23.7 Å². The summed E-state index contributed by atoms with van der Waals surface area (Å²) in [5, 5.41) is 6.69. The van der Waals surface area contributed by atoms with E-state index in [0.29, 0.717) is 35.1 Å². The Kier molecular flexibility index (Phi) is 7.50. The minimum absolute atomic E-state index is 0.312. The van der Waals surface area contributed by atoms with Gasteiger partial charge in [-0.1, -0.05) is 23.2 Å². The first-order chi connectivity index (χ1) is 13.0. The molecule has 1 fully saturated rings. The van der Waals surface area contributed by atoms with Gasteiger partial charge in [0.1, 0.15) is 6.54 Å². The molecular weight excluding hydrogens is 424 g/mol. The van der Waals surface area contributed by atoms with Crippen LogP contribution in [0.15, 0.2) is 18.2 Å². The highest BCUT2D eigenvalue weighted by molar-refractivity contribution is 6.35. The second-order valence-electron chi connectivity index (χ2n) is 6.12. The molecule has 1 aliphatic heterocycles. The molecule has 1 heterocycles. The summed E-state index contributed by atoms with van der Waals surface area (Å²) < 4.78 is 36.2. The van der Waals surface area contributed by atoms with Gasteiger partial charge in [0.25, 0.3) is 0 Å². The summed E-state index contributed by atoms with van der Waals surface area (Å²) >= 11 is 11.8. The largest absolute Gasteiger partial charge is 0.405 e. The van der Waals surface area contributed by atoms with Gasteiger partial charge in [-0.15, -0.1) is 0 Å². The molecular formula is C16H17Cl2F3N4O3. The number of amides is 4. The number of benzene rings is 1. The maximum atomic E-state index is 12.5. The number of urea groups is 1. The third-order valence-electron chi connectivity index (χ3n) is 3.85. The molecule has 1 aromatic carbocycles. The maximum absolute atomic E-state index is 12.5. The van der Waals surface area contributed by atoms with Crippen LogP contribution < -0.4 is 16.0 Å². The van der Waals surface area contributed by atoms with Crippen LogP contribution in [0.2, 0.25) is 10.0 Å². The average Bonchev–Trinajstić information content (AvgIpc) is 2.99. The zero-order valence-electron chi connectivity index (χ0n) is 14.4. The lowest BCUT2D eigenvalue weighted by Crippen LogP contribution is -2.49. The fraction of sp³-hybridized carbons (Fsp3) is 0.438. The van der Waals surface area contributed by atoms with Crippen molar-refractivity contribution in [3.05, 3.63) is 28.2 Å². The molecule has 28 heavy (non-hydrogen) atoms. The van der Waals surface area contributed by atoms with E-state index in [1.165, 1.54) is 28.4 Å². The summed E-state index contributed by atoms with van der Waals surface area (Å²) in [5.41, 5.74) is 0.394. The van der Waals surface area contributed by atoms with Crippen LogP contribution >= 0.6 is 23.2 Å². The van der Waals surface area contributed by atoms with Crippen molar-refractivity contribution in [1.29, 1.82) is 0 Å². The molecule has 0 spiro atoms. The third kappa shape index (κ3) is 7.17. The molecule has 0 radical (unpaired) electrons. The SMILES string of the molecule is O=C(CN1CCCC1C(=O)Nc1cc(Cl)cc(Cl)c1)NC(=O)NCC(F)(F)F. The maximum Gasteiger partial charge on any atom is 0.405 e. The second kappa shape index (κ2) is 9.44. The highest BCUT2D eigenvalue weighted by atomic mass is 35.5. The average molecular weight is 441 g/mol. The van der Waals surface area contributed by atoms with E-state index in [0.717, 1.165) is 0 Å². The molecule has 0 aromatic heterocycles. The summed E-state index contributed by atoms with van der Waals surface area (Å²) in [5.74, 6) is -1.20. The first-order valence-electron chi connectivity index (χ1n) is 8.19. The van der Waals surface area contributed by atoms with E-state index in [1.54, 1.807) is 5.32 Å². The Morgan fingerprint density at radius 3 is 2.39 bits per heavy atom. The van der Waals surface area contributed by atoms with Gasteiger partial charge in [0.15, 0.2) is 0 Å². The standard InChI is InChI=1S/C16H17Cl2F3N4O3/c17-9-4-10(18)6-11(5-9)23-14(27)12-2-1-3-25(12)7-13(26)24-15(28)22-8-16(19,20)21/h4-6,12H,1-3,7-8H2,(H,23,27)(H2,22,24,26,28). The third-order valence-corrected chi connectivity index (χ3v) is 4.28. The van der Waals surface area contributed by atoms with Crippen molar-refractivity contribution in [2.75, 3.05) is 25.0 Å². The number of rotatable bonds is 5. The molecule has 4 amide bonds. The highest BCUT2D eigenvalue weighted by Gasteiger charge is 2.33. The number of nitrogens with one attached hydrogen (secondary N) is 3. The number of anilines is 1. The minimum atomic E-state index is -4.58. The smallest absolute Gasteiger partial charge is 0.329 e. The van der Waals surface area contributed by atoms with Crippen molar-refractivity contribution in [1.82, 2.24) is 15.5 Å². The molecule has 0 aliphatic carbocycles. The number of hydrogen-bond donors (Lipinski definition) is 3. The van der Waals surface area contributed by atoms with Crippen LogP contribution in [-0.2, 0) is 9.59 Å². The van der Waals surface area contributed by atoms with Gasteiger partial charge in [0.05, 0.1) is 12.6 Å². The first-order valence-corrected chi connectivity index (χ1v) is 8.94. The molecule has 0 saturated carbocycles. The summed E-state index contributed by atoms with van der Waals surface area (Å²) in [4.78, 5) is 37.2. The summed E-state index contributed by atoms with van der Waals surface area (Å²) in [6.07, 6.45) is -3.46. The quantitative estimate of drug-likeness (QED) is 0.656. The lowest BCUT2D eigenvalue weighted by atomic mass is 10.2. The van der Waals surface area contributed by atoms with E-state index >= 15 is 0 Å². The van der Waals surface area contributed by atoms with E-state index in [2.05, 4.69) is 5.32 Å². The van der Waals surface area contributed by atoms with Crippen LogP contribution in [0, 0.1) is 0 Å². The van der Waals surface area contributed by atoms with Crippen molar-refractivity contribution in [3.8, 4) is 0 Å². The lowest BCUT2D eigenvalue weighted by molar-refractivity contribution is -0.126. The number of hydrogen-bond acceptors (Lipinski definition) is 4. The van der Waals surface area contributed by atoms with Gasteiger partial charge < -0.3 is 10.6 Å². The molecule has 1 unspecified atom stereocenters. The van der Waals surface area contributed by atoms with Crippen LogP contribution in [0.3, 0.4) is 0 Å². The van der Waals surface area contributed by atoms with Gasteiger partial charge >= 0.3 is 12.2 Å². The fourth-order valence-electron chi connectivity index (χ4n) is 2.74. The Hall–Kier alpha value is -2.04. The van der Waals surface area contributed by atoms with E-state index in [-0.39, 0.29) is 12.5 Å². The number of carbonyl (C=O) groups excluding carboxylic acids is 3. The van der Waals surface area contributed by atoms with Crippen LogP contribution in [0.25, 0.3) is 0 Å². The van der Waals surface area contributed by atoms with Crippen molar-refractivity contribution in [3.63, 3.8) is 0 Å². The number of nitrogens with zero attached hydrogens (tertiary/aromatic N) is 1. The van der Waals surface area contributed by atoms with Gasteiger partial charge in [-0.3, -0.25) is 19.8 Å². The Morgan fingerprint density at radius 1 is 1.14 bits per heavy atom. The number of imide groups is 1. The molecule has 2 rings (SSSR count). The molecule has 0 bridgehead atoms. The Labute approximate surface area is 168 Å². The Balaban J connectivity index is 1.88. The predicted molar refractivity (Wildman–Crippen MR) is 97.3 cm³/mol. The minimum Gasteiger partial charge on any atom is -0.329 e. The van der Waals surface area contributed by atoms with Gasteiger partial charge in [-0.2, -0.15) is 13.2 Å². The summed E-state index contributed by atoms with van der Waals surface area (Å²) in [7, 11) is 0. The second-order valence-corrected chi connectivity index (χ2v) is 6.99. The van der Waals surface area contributed by atoms with Gasteiger partial charge in [0.2, 0.25) is 11.8 Å². The molecule has 3 N–H and O–H groups in total. The van der Waals surface area contributed by atoms with Gasteiger partial charge in [-0.05, 0) is 37.6 Å². The van der Waals surface area contributed by atoms with Crippen LogP contribution in [0.1, 0.15) is 12.8 Å².